The predicted octanol–water partition coefficient (Wildman–Crippen LogP) is 1.62. The van der Waals surface area contributed by atoms with Crippen molar-refractivity contribution in [3.63, 3.8) is 0 Å². The highest BCUT2D eigenvalue weighted by Crippen LogP contribution is 2.23. The monoisotopic (exact) mass is 230 g/mol. The molecule has 0 bridgehead atoms. The van der Waals surface area contributed by atoms with Gasteiger partial charge in [0.25, 0.3) is 0 Å². The summed E-state index contributed by atoms with van der Waals surface area (Å²) in [5.74, 6) is 0.605. The van der Waals surface area contributed by atoms with E-state index in [1.807, 2.05) is 6.20 Å². The van der Waals surface area contributed by atoms with Gasteiger partial charge in [0.1, 0.15) is 0 Å². The number of aromatic amines is 1. The molecule has 0 saturated carbocycles. The fourth-order valence-corrected chi connectivity index (χ4v) is 2.59. The van der Waals surface area contributed by atoms with E-state index >= 15 is 0 Å². The summed E-state index contributed by atoms with van der Waals surface area (Å²) in [4.78, 5) is 7.97. The zero-order chi connectivity index (χ0) is 11.5. The van der Waals surface area contributed by atoms with Gasteiger partial charge in [-0.1, -0.05) is 12.2 Å². The number of hydrogen-bond donors (Lipinski definition) is 1. The summed E-state index contributed by atoms with van der Waals surface area (Å²) in [6.07, 6.45) is 12.9. The van der Waals surface area contributed by atoms with Crippen LogP contribution in [0.15, 0.2) is 23.5 Å². The van der Waals surface area contributed by atoms with Crippen molar-refractivity contribution in [2.75, 3.05) is 13.2 Å². The zero-order valence-electron chi connectivity index (χ0n) is 9.98. The van der Waals surface area contributed by atoms with Gasteiger partial charge in [0.05, 0.1) is 10.7 Å². The van der Waals surface area contributed by atoms with Gasteiger partial charge in [-0.25, -0.2) is 0 Å². The molecule has 1 fully saturated rings. The largest absolute Gasteiger partial charge is 0.381 e. The van der Waals surface area contributed by atoms with Crippen molar-refractivity contribution >= 4 is 6.08 Å². The minimum Gasteiger partial charge on any atom is -0.381 e. The molecule has 17 heavy (non-hydrogen) atoms. The van der Waals surface area contributed by atoms with Crippen molar-refractivity contribution < 1.29 is 4.74 Å². The van der Waals surface area contributed by atoms with Crippen molar-refractivity contribution in [1.82, 2.24) is 4.98 Å². The molecule has 90 valence electrons. The summed E-state index contributed by atoms with van der Waals surface area (Å²) in [5.41, 5.74) is 1.37. The van der Waals surface area contributed by atoms with Gasteiger partial charge in [-0.05, 0) is 37.2 Å². The standard InChI is InChI=1S/C14H18N2O/c1-2-4-13-14(15-7-3-1)12(10-16-13)11-5-8-17-9-6-11/h3-4,7,10-11,16H,1-2,5-6,8-9H2/b7-3-,13-4+,15-14-. The molecular formula is C14H18N2O. The number of H-pyrrole nitrogens is 1. The van der Waals surface area contributed by atoms with Crippen LogP contribution in [0.25, 0.3) is 6.08 Å². The minimum atomic E-state index is 0.605. The van der Waals surface area contributed by atoms with Gasteiger partial charge in [0.2, 0.25) is 0 Å². The Labute approximate surface area is 101 Å². The van der Waals surface area contributed by atoms with Crippen LogP contribution in [0.1, 0.15) is 37.2 Å². The van der Waals surface area contributed by atoms with Gasteiger partial charge >= 0.3 is 0 Å². The molecule has 0 radical (unpaired) electrons. The van der Waals surface area contributed by atoms with Gasteiger partial charge in [-0.15, -0.1) is 0 Å². The Morgan fingerprint density at radius 3 is 3.00 bits per heavy atom. The van der Waals surface area contributed by atoms with Crippen LogP contribution in [0.5, 0.6) is 0 Å². The summed E-state index contributed by atoms with van der Waals surface area (Å²) in [5, 5.41) is 2.34. The summed E-state index contributed by atoms with van der Waals surface area (Å²) < 4.78 is 5.42. The molecule has 0 aliphatic carbocycles. The second-order valence-corrected chi connectivity index (χ2v) is 4.69. The van der Waals surface area contributed by atoms with Crippen LogP contribution in [0, 0.1) is 0 Å². The third kappa shape index (κ3) is 2.20. The number of fused-ring (bicyclic) bond motifs is 1. The molecule has 0 unspecified atom stereocenters. The first kappa shape index (κ1) is 10.8. The van der Waals surface area contributed by atoms with E-state index < -0.39 is 0 Å². The lowest BCUT2D eigenvalue weighted by Crippen LogP contribution is -2.28. The van der Waals surface area contributed by atoms with E-state index in [9.17, 15) is 0 Å². The first-order chi connectivity index (χ1) is 8.45. The summed E-state index contributed by atoms with van der Waals surface area (Å²) in [6.45, 7) is 1.76. The normalized spacial score (nSPS) is 26.8. The van der Waals surface area contributed by atoms with E-state index in [1.54, 1.807) is 0 Å². The quantitative estimate of drug-likeness (QED) is 0.782. The molecule has 0 aromatic carbocycles. The van der Waals surface area contributed by atoms with Crippen LogP contribution in [0.3, 0.4) is 0 Å². The number of ether oxygens (including phenoxy) is 1. The number of aromatic nitrogens is 1. The Hall–Kier alpha value is -1.35. The molecule has 2 aliphatic rings. The summed E-state index contributed by atoms with van der Waals surface area (Å²) >= 11 is 0. The number of rotatable bonds is 1. The first-order valence-corrected chi connectivity index (χ1v) is 6.43. The Morgan fingerprint density at radius 2 is 2.12 bits per heavy atom. The molecule has 2 aliphatic heterocycles. The fourth-order valence-electron chi connectivity index (χ4n) is 2.59. The molecule has 3 rings (SSSR count). The average Bonchev–Trinajstić information content (AvgIpc) is 2.72. The molecule has 1 N–H and O–H groups in total. The highest BCUT2D eigenvalue weighted by molar-refractivity contribution is 5.26. The molecular weight excluding hydrogens is 212 g/mol. The second kappa shape index (κ2) is 4.88. The molecule has 0 atom stereocenters. The Balaban J connectivity index is 2.04. The van der Waals surface area contributed by atoms with Crippen molar-refractivity contribution in [2.24, 2.45) is 4.99 Å². The molecule has 0 spiro atoms. The Bertz CT molecular complexity index is 521. The number of nitrogens with zero attached hydrogens (tertiary/aromatic N) is 1. The lowest BCUT2D eigenvalue weighted by Gasteiger charge is -2.20. The highest BCUT2D eigenvalue weighted by atomic mass is 16.5. The van der Waals surface area contributed by atoms with Crippen LogP contribution in [-0.2, 0) is 4.74 Å². The highest BCUT2D eigenvalue weighted by Gasteiger charge is 2.18. The SMILES string of the molecule is C1=C/N=c2/c(C3CCOCC3)c[nH]/c2=C/CC\1. The van der Waals surface area contributed by atoms with Gasteiger partial charge in [0.15, 0.2) is 0 Å². The third-order valence-corrected chi connectivity index (χ3v) is 3.56. The van der Waals surface area contributed by atoms with Crippen LogP contribution in [0.4, 0.5) is 0 Å². The molecule has 1 aromatic rings. The van der Waals surface area contributed by atoms with Crippen molar-refractivity contribution in [3.8, 4) is 0 Å². The van der Waals surface area contributed by atoms with E-state index in [1.165, 1.54) is 10.9 Å². The van der Waals surface area contributed by atoms with E-state index in [-0.39, 0.29) is 0 Å². The first-order valence-electron chi connectivity index (χ1n) is 6.43. The van der Waals surface area contributed by atoms with Crippen LogP contribution >= 0.6 is 0 Å². The molecule has 1 aromatic heterocycles. The van der Waals surface area contributed by atoms with Crippen molar-refractivity contribution in [1.29, 1.82) is 0 Å². The predicted molar refractivity (Wildman–Crippen MR) is 67.2 cm³/mol. The Kier molecular flexibility index (Phi) is 3.10. The van der Waals surface area contributed by atoms with E-state index in [0.29, 0.717) is 5.92 Å². The molecule has 1 saturated heterocycles. The fraction of sp³-hybridized carbons (Fsp3) is 0.500. The van der Waals surface area contributed by atoms with Gasteiger partial charge < -0.3 is 9.72 Å². The number of hydrogen-bond acceptors (Lipinski definition) is 2. The van der Waals surface area contributed by atoms with Crippen molar-refractivity contribution in [3.05, 3.63) is 34.7 Å². The smallest absolute Gasteiger partial charge is 0.0910 e. The Morgan fingerprint density at radius 1 is 1.24 bits per heavy atom. The second-order valence-electron chi connectivity index (χ2n) is 4.69. The van der Waals surface area contributed by atoms with Crippen LogP contribution < -0.4 is 10.7 Å². The summed E-state index contributed by atoms with van der Waals surface area (Å²) in [7, 11) is 0. The van der Waals surface area contributed by atoms with E-state index in [4.69, 9.17) is 4.74 Å². The minimum absolute atomic E-state index is 0.605. The molecule has 3 heterocycles. The molecule has 0 amide bonds. The maximum atomic E-state index is 5.42. The summed E-state index contributed by atoms with van der Waals surface area (Å²) in [6, 6.07) is 0. The zero-order valence-corrected chi connectivity index (χ0v) is 9.98. The maximum Gasteiger partial charge on any atom is 0.0910 e. The lowest BCUT2D eigenvalue weighted by atomic mass is 9.93. The van der Waals surface area contributed by atoms with Gasteiger partial charge in [-0.2, -0.15) is 0 Å². The topological polar surface area (TPSA) is 37.4 Å². The van der Waals surface area contributed by atoms with E-state index in [2.05, 4.69) is 28.3 Å². The van der Waals surface area contributed by atoms with Crippen molar-refractivity contribution in [2.45, 2.75) is 31.6 Å². The van der Waals surface area contributed by atoms with Crippen LogP contribution in [0.2, 0.25) is 0 Å². The lowest BCUT2D eigenvalue weighted by molar-refractivity contribution is 0.0851. The molecule has 3 nitrogen and oxygen atoms in total. The third-order valence-electron chi connectivity index (χ3n) is 3.56. The van der Waals surface area contributed by atoms with E-state index in [0.717, 1.165) is 44.3 Å². The number of allylic oxidation sites excluding steroid dienone is 1. The number of nitrogens with one attached hydrogen (secondary N) is 1. The maximum absolute atomic E-state index is 5.42. The van der Waals surface area contributed by atoms with Gasteiger partial charge in [0, 0.05) is 25.6 Å². The van der Waals surface area contributed by atoms with Crippen LogP contribution in [-0.4, -0.2) is 18.2 Å². The molecule has 3 heteroatoms. The average molecular weight is 230 g/mol. The van der Waals surface area contributed by atoms with Gasteiger partial charge in [-0.3, -0.25) is 4.99 Å².